The number of rotatable bonds is 4. The summed E-state index contributed by atoms with van der Waals surface area (Å²) in [5.74, 6) is 0. The summed E-state index contributed by atoms with van der Waals surface area (Å²) in [4.78, 5) is 0. The average Bonchev–Trinajstić information content (AvgIpc) is 2.76. The van der Waals surface area contributed by atoms with Crippen molar-refractivity contribution in [3.05, 3.63) is 45.7 Å². The van der Waals surface area contributed by atoms with Crippen LogP contribution in [-0.2, 0) is 13.1 Å². The second kappa shape index (κ2) is 7.11. The topological polar surface area (TPSA) is 41.9 Å². The fourth-order valence-electron chi connectivity index (χ4n) is 1.87. The van der Waals surface area contributed by atoms with Crippen LogP contribution in [0.2, 0.25) is 10.0 Å². The summed E-state index contributed by atoms with van der Waals surface area (Å²) < 4.78 is 1.90. The molecule has 4 nitrogen and oxygen atoms in total. The third-order valence-corrected chi connectivity index (χ3v) is 3.61. The maximum absolute atomic E-state index is 5.95. The van der Waals surface area contributed by atoms with Crippen LogP contribution in [0.1, 0.15) is 18.2 Å². The number of halogens is 2. The molecule has 2 aromatic rings. The Morgan fingerprint density at radius 2 is 1.95 bits per heavy atom. The Kier molecular flexibility index (Phi) is 5.45. The minimum atomic E-state index is 0.511. The van der Waals surface area contributed by atoms with Gasteiger partial charge in [-0.25, -0.2) is 0 Å². The lowest BCUT2D eigenvalue weighted by molar-refractivity contribution is 0.653. The molecule has 0 radical (unpaired) electrons. The zero-order chi connectivity index (χ0) is 15.4. The lowest BCUT2D eigenvalue weighted by Gasteiger charge is -2.10. The van der Waals surface area contributed by atoms with Crippen LogP contribution in [0.25, 0.3) is 0 Å². The van der Waals surface area contributed by atoms with Gasteiger partial charge in [-0.15, -0.1) is 0 Å². The molecule has 21 heavy (non-hydrogen) atoms. The first kappa shape index (κ1) is 16.1. The van der Waals surface area contributed by atoms with Crippen molar-refractivity contribution in [1.29, 1.82) is 0 Å². The van der Waals surface area contributed by atoms with Crippen molar-refractivity contribution >= 4 is 46.2 Å². The summed E-state index contributed by atoms with van der Waals surface area (Å²) >= 11 is 17.2. The molecule has 0 saturated carbocycles. The lowest BCUT2D eigenvalue weighted by Crippen LogP contribution is -2.28. The van der Waals surface area contributed by atoms with Gasteiger partial charge in [0.15, 0.2) is 5.11 Å². The maximum Gasteiger partial charge on any atom is 0.171 e. The number of thiocarbonyl (C=S) groups is 1. The van der Waals surface area contributed by atoms with Crippen LogP contribution < -0.4 is 10.6 Å². The summed E-state index contributed by atoms with van der Waals surface area (Å²) in [6, 6.07) is 5.21. The first-order chi connectivity index (χ1) is 9.97. The highest BCUT2D eigenvalue weighted by Crippen LogP contribution is 2.22. The van der Waals surface area contributed by atoms with Crippen molar-refractivity contribution in [1.82, 2.24) is 15.1 Å². The van der Waals surface area contributed by atoms with E-state index in [0.29, 0.717) is 21.7 Å². The van der Waals surface area contributed by atoms with Gasteiger partial charge in [-0.2, -0.15) is 5.10 Å². The molecule has 0 atom stereocenters. The normalized spacial score (nSPS) is 10.5. The standard InChI is InChI=1S/C14H16Cl2N4S/c1-3-20-8-10(9(2)19-20)7-17-14(21)18-13-5-11(15)4-12(16)6-13/h4-6,8H,3,7H2,1-2H3,(H2,17,18,21). The summed E-state index contributed by atoms with van der Waals surface area (Å²) in [6.07, 6.45) is 2.02. The number of hydrogen-bond acceptors (Lipinski definition) is 2. The minimum absolute atomic E-state index is 0.511. The van der Waals surface area contributed by atoms with Gasteiger partial charge in [-0.05, 0) is 44.3 Å². The predicted molar refractivity (Wildman–Crippen MR) is 92.2 cm³/mol. The zero-order valence-corrected chi connectivity index (χ0v) is 14.1. The summed E-state index contributed by atoms with van der Waals surface area (Å²) in [5, 5.41) is 12.2. The molecule has 0 unspecified atom stereocenters. The van der Waals surface area contributed by atoms with E-state index in [0.717, 1.165) is 23.5 Å². The fourth-order valence-corrected chi connectivity index (χ4v) is 2.59. The van der Waals surface area contributed by atoms with E-state index in [-0.39, 0.29) is 0 Å². The van der Waals surface area contributed by atoms with Crippen LogP contribution in [0.15, 0.2) is 24.4 Å². The first-order valence-corrected chi connectivity index (χ1v) is 7.68. The monoisotopic (exact) mass is 342 g/mol. The van der Waals surface area contributed by atoms with Crippen LogP contribution in [-0.4, -0.2) is 14.9 Å². The van der Waals surface area contributed by atoms with Gasteiger partial charge in [0.05, 0.1) is 5.69 Å². The highest BCUT2D eigenvalue weighted by atomic mass is 35.5. The Morgan fingerprint density at radius 1 is 1.29 bits per heavy atom. The van der Waals surface area contributed by atoms with Gasteiger partial charge in [0, 0.05) is 40.6 Å². The molecular weight excluding hydrogens is 327 g/mol. The summed E-state index contributed by atoms with van der Waals surface area (Å²) in [6.45, 7) is 5.51. The third kappa shape index (κ3) is 4.59. The van der Waals surface area contributed by atoms with Crippen molar-refractivity contribution in [3.63, 3.8) is 0 Å². The molecule has 2 N–H and O–H groups in total. The largest absolute Gasteiger partial charge is 0.358 e. The Balaban J connectivity index is 1.94. The Labute approximate surface area is 139 Å². The van der Waals surface area contributed by atoms with Crippen molar-refractivity contribution in [3.8, 4) is 0 Å². The number of nitrogens with one attached hydrogen (secondary N) is 2. The summed E-state index contributed by atoms with van der Waals surface area (Å²) in [7, 11) is 0. The first-order valence-electron chi connectivity index (χ1n) is 6.52. The molecule has 0 fully saturated rings. The van der Waals surface area contributed by atoms with E-state index < -0.39 is 0 Å². The Morgan fingerprint density at radius 3 is 2.52 bits per heavy atom. The second-order valence-electron chi connectivity index (χ2n) is 4.56. The quantitative estimate of drug-likeness (QED) is 0.824. The highest BCUT2D eigenvalue weighted by molar-refractivity contribution is 7.80. The van der Waals surface area contributed by atoms with Gasteiger partial charge >= 0.3 is 0 Å². The molecular formula is C14H16Cl2N4S. The SMILES string of the molecule is CCn1cc(CNC(=S)Nc2cc(Cl)cc(Cl)c2)c(C)n1. The van der Waals surface area contributed by atoms with Gasteiger partial charge in [0.25, 0.3) is 0 Å². The van der Waals surface area contributed by atoms with Crippen LogP contribution in [0.3, 0.4) is 0 Å². The highest BCUT2D eigenvalue weighted by Gasteiger charge is 2.05. The molecule has 0 saturated heterocycles. The van der Waals surface area contributed by atoms with Crippen molar-refractivity contribution in [2.45, 2.75) is 26.9 Å². The molecule has 0 spiro atoms. The molecule has 0 aliphatic carbocycles. The van der Waals surface area contributed by atoms with Gasteiger partial charge in [-0.1, -0.05) is 23.2 Å². The van der Waals surface area contributed by atoms with Crippen LogP contribution >= 0.6 is 35.4 Å². The van der Waals surface area contributed by atoms with E-state index in [1.54, 1.807) is 18.2 Å². The van der Waals surface area contributed by atoms with E-state index in [4.69, 9.17) is 35.4 Å². The van der Waals surface area contributed by atoms with E-state index in [1.165, 1.54) is 0 Å². The van der Waals surface area contributed by atoms with Crippen LogP contribution in [0.5, 0.6) is 0 Å². The summed E-state index contributed by atoms with van der Waals surface area (Å²) in [5.41, 5.74) is 2.87. The van der Waals surface area contributed by atoms with Crippen molar-refractivity contribution in [2.24, 2.45) is 0 Å². The van der Waals surface area contributed by atoms with Gasteiger partial charge in [0.1, 0.15) is 0 Å². The third-order valence-electron chi connectivity index (χ3n) is 2.93. The fraction of sp³-hybridized carbons (Fsp3) is 0.286. The smallest absolute Gasteiger partial charge is 0.171 e. The number of nitrogens with zero attached hydrogens (tertiary/aromatic N) is 2. The van der Waals surface area contributed by atoms with E-state index >= 15 is 0 Å². The minimum Gasteiger partial charge on any atom is -0.358 e. The van der Waals surface area contributed by atoms with Gasteiger partial charge < -0.3 is 10.6 Å². The molecule has 1 aromatic carbocycles. The molecule has 1 aromatic heterocycles. The number of benzene rings is 1. The molecule has 112 valence electrons. The molecule has 1 heterocycles. The Hall–Kier alpha value is -1.30. The van der Waals surface area contributed by atoms with Gasteiger partial charge in [0.2, 0.25) is 0 Å². The number of anilines is 1. The van der Waals surface area contributed by atoms with Crippen molar-refractivity contribution < 1.29 is 0 Å². The predicted octanol–water partition coefficient (Wildman–Crippen LogP) is 4.00. The lowest BCUT2D eigenvalue weighted by atomic mass is 10.2. The van der Waals surface area contributed by atoms with Crippen LogP contribution in [0.4, 0.5) is 5.69 Å². The number of aromatic nitrogens is 2. The molecule has 0 aliphatic heterocycles. The maximum atomic E-state index is 5.95. The molecule has 0 amide bonds. The number of aryl methyl sites for hydroxylation is 2. The molecule has 0 bridgehead atoms. The average molecular weight is 343 g/mol. The van der Waals surface area contributed by atoms with Gasteiger partial charge in [-0.3, -0.25) is 4.68 Å². The number of hydrogen-bond donors (Lipinski definition) is 2. The molecule has 7 heteroatoms. The van der Waals surface area contributed by atoms with E-state index in [9.17, 15) is 0 Å². The zero-order valence-electron chi connectivity index (χ0n) is 11.8. The van der Waals surface area contributed by atoms with E-state index in [1.807, 2.05) is 17.8 Å². The molecule has 2 rings (SSSR count). The molecule has 0 aliphatic rings. The van der Waals surface area contributed by atoms with E-state index in [2.05, 4.69) is 22.7 Å². The van der Waals surface area contributed by atoms with Crippen molar-refractivity contribution in [2.75, 3.05) is 5.32 Å². The second-order valence-corrected chi connectivity index (χ2v) is 5.84. The van der Waals surface area contributed by atoms with Crippen LogP contribution in [0, 0.1) is 6.92 Å². The Bertz CT molecular complexity index is 634.